The van der Waals surface area contributed by atoms with Gasteiger partial charge in [0, 0.05) is 23.1 Å². The van der Waals surface area contributed by atoms with Crippen LogP contribution in [0.2, 0.25) is 5.02 Å². The third kappa shape index (κ3) is 3.50. The Hall–Kier alpha value is -0.570. The second-order valence-electron chi connectivity index (χ2n) is 5.67. The molecule has 106 valence electrons. The van der Waals surface area contributed by atoms with Gasteiger partial charge in [-0.15, -0.1) is 0 Å². The molecule has 2 rings (SSSR count). The molecular weight excluding hydrogens is 256 g/mol. The summed E-state index contributed by atoms with van der Waals surface area (Å²) >= 11 is 5.99. The van der Waals surface area contributed by atoms with Gasteiger partial charge in [-0.3, -0.25) is 4.90 Å². The summed E-state index contributed by atoms with van der Waals surface area (Å²) in [5, 5.41) is 0.788. The number of halogens is 1. The standard InChI is InChI=1S/C16H25ClN2/c1-3-15(18)16(12-8-10-13(17)11-9-12)19(2)14-6-4-5-7-14/h8-11,14-16H,3-7,18H2,1-2H3. The Morgan fingerprint density at radius 1 is 1.26 bits per heavy atom. The van der Waals surface area contributed by atoms with Gasteiger partial charge >= 0.3 is 0 Å². The summed E-state index contributed by atoms with van der Waals surface area (Å²) in [4.78, 5) is 2.49. The van der Waals surface area contributed by atoms with Crippen LogP contribution >= 0.6 is 11.6 Å². The van der Waals surface area contributed by atoms with Crippen LogP contribution in [0.4, 0.5) is 0 Å². The molecule has 0 radical (unpaired) electrons. The van der Waals surface area contributed by atoms with E-state index in [-0.39, 0.29) is 6.04 Å². The minimum absolute atomic E-state index is 0.173. The highest BCUT2D eigenvalue weighted by Crippen LogP contribution is 2.32. The molecule has 0 heterocycles. The lowest BCUT2D eigenvalue weighted by Gasteiger charge is -2.37. The smallest absolute Gasteiger partial charge is 0.0498 e. The van der Waals surface area contributed by atoms with E-state index in [2.05, 4.69) is 31.0 Å². The molecule has 2 unspecified atom stereocenters. The van der Waals surface area contributed by atoms with Gasteiger partial charge in [0.1, 0.15) is 0 Å². The van der Waals surface area contributed by atoms with E-state index in [0.29, 0.717) is 12.1 Å². The molecule has 2 nitrogen and oxygen atoms in total. The largest absolute Gasteiger partial charge is 0.326 e. The van der Waals surface area contributed by atoms with Gasteiger partial charge in [0.25, 0.3) is 0 Å². The van der Waals surface area contributed by atoms with E-state index in [1.165, 1.54) is 31.2 Å². The Kier molecular flexibility index (Phi) is 5.26. The number of rotatable bonds is 5. The number of nitrogens with two attached hydrogens (primary N) is 1. The number of benzene rings is 1. The van der Waals surface area contributed by atoms with Crippen molar-refractivity contribution in [3.05, 3.63) is 34.9 Å². The minimum atomic E-state index is 0.173. The molecule has 1 aromatic rings. The number of hydrogen-bond donors (Lipinski definition) is 1. The van der Waals surface area contributed by atoms with Crippen molar-refractivity contribution in [2.24, 2.45) is 5.73 Å². The first-order chi connectivity index (χ1) is 9.13. The lowest BCUT2D eigenvalue weighted by Crippen LogP contribution is -2.43. The zero-order chi connectivity index (χ0) is 13.8. The maximum Gasteiger partial charge on any atom is 0.0498 e. The zero-order valence-corrected chi connectivity index (χ0v) is 12.7. The fourth-order valence-electron chi connectivity index (χ4n) is 3.21. The molecule has 1 aliphatic carbocycles. The normalized spacial score (nSPS) is 19.8. The Balaban J connectivity index is 2.21. The van der Waals surface area contributed by atoms with Crippen LogP contribution in [-0.4, -0.2) is 24.0 Å². The van der Waals surface area contributed by atoms with Gasteiger partial charge in [-0.2, -0.15) is 0 Å². The molecule has 0 saturated heterocycles. The Bertz CT molecular complexity index is 384. The summed E-state index contributed by atoms with van der Waals surface area (Å²) in [6.45, 7) is 2.16. The van der Waals surface area contributed by atoms with E-state index >= 15 is 0 Å². The Labute approximate surface area is 121 Å². The van der Waals surface area contributed by atoms with Crippen LogP contribution in [0, 0.1) is 0 Å². The highest BCUT2D eigenvalue weighted by atomic mass is 35.5. The summed E-state index contributed by atoms with van der Waals surface area (Å²) in [6.07, 6.45) is 6.30. The first kappa shape index (κ1) is 14.8. The van der Waals surface area contributed by atoms with Gasteiger partial charge in [0.2, 0.25) is 0 Å². The van der Waals surface area contributed by atoms with Crippen molar-refractivity contribution in [3.63, 3.8) is 0 Å². The molecule has 0 aromatic heterocycles. The molecule has 0 spiro atoms. The fourth-order valence-corrected chi connectivity index (χ4v) is 3.33. The highest BCUT2D eigenvalue weighted by molar-refractivity contribution is 6.30. The maximum atomic E-state index is 6.38. The summed E-state index contributed by atoms with van der Waals surface area (Å²) in [6, 6.07) is 9.32. The molecule has 1 saturated carbocycles. The van der Waals surface area contributed by atoms with Gasteiger partial charge in [-0.05, 0) is 44.0 Å². The number of hydrogen-bond acceptors (Lipinski definition) is 2. The quantitative estimate of drug-likeness (QED) is 0.883. The van der Waals surface area contributed by atoms with Crippen molar-refractivity contribution in [3.8, 4) is 0 Å². The summed E-state index contributed by atoms with van der Waals surface area (Å²) < 4.78 is 0. The third-order valence-corrected chi connectivity index (χ3v) is 4.68. The first-order valence-electron chi connectivity index (χ1n) is 7.36. The van der Waals surface area contributed by atoms with Crippen molar-refractivity contribution in [1.29, 1.82) is 0 Å². The third-order valence-electron chi connectivity index (χ3n) is 4.43. The van der Waals surface area contributed by atoms with Crippen molar-refractivity contribution >= 4 is 11.6 Å². The molecule has 1 fully saturated rings. The lowest BCUT2D eigenvalue weighted by atomic mass is 9.95. The first-order valence-corrected chi connectivity index (χ1v) is 7.74. The summed E-state index contributed by atoms with van der Waals surface area (Å²) in [5.41, 5.74) is 7.67. The van der Waals surface area contributed by atoms with Crippen molar-refractivity contribution in [2.75, 3.05) is 7.05 Å². The van der Waals surface area contributed by atoms with Crippen LogP contribution in [0.1, 0.15) is 50.6 Å². The van der Waals surface area contributed by atoms with Crippen LogP contribution in [0.15, 0.2) is 24.3 Å². The molecule has 0 bridgehead atoms. The van der Waals surface area contributed by atoms with E-state index in [0.717, 1.165) is 11.4 Å². The van der Waals surface area contributed by atoms with Crippen LogP contribution < -0.4 is 5.73 Å². The molecule has 0 aliphatic heterocycles. The van der Waals surface area contributed by atoms with Crippen molar-refractivity contribution in [1.82, 2.24) is 4.90 Å². The molecule has 0 amide bonds. The van der Waals surface area contributed by atoms with Crippen molar-refractivity contribution in [2.45, 2.75) is 57.2 Å². The van der Waals surface area contributed by atoms with Gasteiger partial charge in [-0.25, -0.2) is 0 Å². The Morgan fingerprint density at radius 2 is 1.84 bits per heavy atom. The maximum absolute atomic E-state index is 6.38. The topological polar surface area (TPSA) is 29.3 Å². The molecular formula is C16H25ClN2. The molecule has 19 heavy (non-hydrogen) atoms. The molecule has 2 atom stereocenters. The van der Waals surface area contributed by atoms with Gasteiger partial charge in [0.05, 0.1) is 0 Å². The van der Waals surface area contributed by atoms with Crippen LogP contribution in [0.25, 0.3) is 0 Å². The molecule has 3 heteroatoms. The number of nitrogens with zero attached hydrogens (tertiary/aromatic N) is 1. The second-order valence-corrected chi connectivity index (χ2v) is 6.11. The predicted octanol–water partition coefficient (Wildman–Crippen LogP) is 3.99. The average molecular weight is 281 g/mol. The van der Waals surface area contributed by atoms with E-state index in [9.17, 15) is 0 Å². The summed E-state index contributed by atoms with van der Waals surface area (Å²) in [7, 11) is 2.23. The van der Waals surface area contributed by atoms with Crippen LogP contribution in [0.3, 0.4) is 0 Å². The fraction of sp³-hybridized carbons (Fsp3) is 0.625. The SMILES string of the molecule is CCC(N)C(c1ccc(Cl)cc1)N(C)C1CCCC1. The highest BCUT2D eigenvalue weighted by Gasteiger charge is 2.29. The van der Waals surface area contributed by atoms with E-state index in [1.54, 1.807) is 0 Å². The number of likely N-dealkylation sites (N-methyl/N-ethyl adjacent to an activating group) is 1. The van der Waals surface area contributed by atoms with E-state index in [4.69, 9.17) is 17.3 Å². The van der Waals surface area contributed by atoms with Gasteiger partial charge in [0.15, 0.2) is 0 Å². The van der Waals surface area contributed by atoms with Crippen molar-refractivity contribution < 1.29 is 0 Å². The monoisotopic (exact) mass is 280 g/mol. The second kappa shape index (κ2) is 6.74. The summed E-state index contributed by atoms with van der Waals surface area (Å²) in [5.74, 6) is 0. The van der Waals surface area contributed by atoms with Gasteiger partial charge in [-0.1, -0.05) is 43.5 Å². The minimum Gasteiger partial charge on any atom is -0.326 e. The molecule has 1 aromatic carbocycles. The zero-order valence-electron chi connectivity index (χ0n) is 12.0. The molecule has 2 N–H and O–H groups in total. The van der Waals surface area contributed by atoms with E-state index in [1.807, 2.05) is 12.1 Å². The predicted molar refractivity (Wildman–Crippen MR) is 82.5 cm³/mol. The molecule has 1 aliphatic rings. The lowest BCUT2D eigenvalue weighted by molar-refractivity contribution is 0.150. The van der Waals surface area contributed by atoms with Gasteiger partial charge < -0.3 is 5.73 Å². The Morgan fingerprint density at radius 3 is 2.37 bits per heavy atom. The average Bonchev–Trinajstić information content (AvgIpc) is 2.95. The van der Waals surface area contributed by atoms with Crippen LogP contribution in [-0.2, 0) is 0 Å². The van der Waals surface area contributed by atoms with E-state index < -0.39 is 0 Å². The van der Waals surface area contributed by atoms with Crippen LogP contribution in [0.5, 0.6) is 0 Å².